The maximum Gasteiger partial charge on any atom is 0.460 e. The Balaban J connectivity index is 2.47. The number of aryl methyl sites for hydroxylation is 6. The molecule has 0 saturated carbocycles. The van der Waals surface area contributed by atoms with Crippen molar-refractivity contribution in [2.45, 2.75) is 177 Å². The Morgan fingerprint density at radius 2 is 0.623 bits per heavy atom. The second-order valence-corrected chi connectivity index (χ2v) is 17.3. The molecule has 2 aromatic rings. The van der Waals surface area contributed by atoms with Crippen molar-refractivity contribution >= 4 is 11.4 Å². The van der Waals surface area contributed by atoms with Gasteiger partial charge in [0.25, 0.3) is 0 Å². The van der Waals surface area contributed by atoms with Crippen LogP contribution >= 0.6 is 0 Å². The summed E-state index contributed by atoms with van der Waals surface area (Å²) in [7, 11) is 0. The van der Waals surface area contributed by atoms with Crippen molar-refractivity contribution in [2.24, 2.45) is 5.92 Å². The number of alkyl halides is 26. The van der Waals surface area contributed by atoms with Gasteiger partial charge in [-0.25, -0.2) is 0 Å². The summed E-state index contributed by atoms with van der Waals surface area (Å²) in [5.74, 6) is -80.0. The van der Waals surface area contributed by atoms with Gasteiger partial charge in [0.1, 0.15) is 6.17 Å². The van der Waals surface area contributed by atoms with Crippen LogP contribution < -0.4 is 9.80 Å². The molecule has 1 aliphatic heterocycles. The van der Waals surface area contributed by atoms with Crippen molar-refractivity contribution in [1.82, 2.24) is 0 Å². The predicted molar refractivity (Wildman–Crippen MR) is 197 cm³/mol. The lowest BCUT2D eigenvalue weighted by Crippen LogP contribution is -2.70. The number of rotatable bonds is 18. The average molecular weight is 1060 g/mol. The molecule has 0 aliphatic carbocycles. The van der Waals surface area contributed by atoms with Gasteiger partial charge in [0.15, 0.2) is 0 Å². The van der Waals surface area contributed by atoms with Gasteiger partial charge in [-0.15, -0.1) is 0 Å². The standard InChI is InChI=1S/C41H42F26N2/c1-9-20(4)29-68(27-21(5)14-18(2)15-22(27)6)25(10-12-30(42,43)32(46,47)34(50,51)36(54,55)38(58,59)40(62,63)64)26(69(29)28-23(7)16-19(3)17-24(28)8)11-13-31(44,45)33(48,49)35(52,53)37(56,57)39(60,61)41(65,66)67/h14-17,20,25-26,29H,9-13H2,1-8H3. The van der Waals surface area contributed by atoms with Gasteiger partial charge in [0.2, 0.25) is 0 Å². The van der Waals surface area contributed by atoms with E-state index in [0.717, 1.165) is 9.80 Å². The highest BCUT2D eigenvalue weighted by atomic mass is 19.4. The second kappa shape index (κ2) is 18.1. The quantitative estimate of drug-likeness (QED) is 0.137. The Morgan fingerprint density at radius 1 is 0.391 bits per heavy atom. The Morgan fingerprint density at radius 3 is 0.841 bits per heavy atom. The van der Waals surface area contributed by atoms with Crippen LogP contribution in [0.5, 0.6) is 0 Å². The van der Waals surface area contributed by atoms with Crippen LogP contribution in [-0.4, -0.2) is 89.8 Å². The molecule has 0 bridgehead atoms. The summed E-state index contributed by atoms with van der Waals surface area (Å²) >= 11 is 0. The third-order valence-corrected chi connectivity index (χ3v) is 12.2. The summed E-state index contributed by atoms with van der Waals surface area (Å²) in [6, 6.07) is 0.496. The van der Waals surface area contributed by atoms with E-state index in [4.69, 9.17) is 0 Å². The Hall–Kier alpha value is -3.78. The van der Waals surface area contributed by atoms with Crippen molar-refractivity contribution < 1.29 is 114 Å². The van der Waals surface area contributed by atoms with E-state index >= 15 is 35.1 Å². The maximum absolute atomic E-state index is 15.7. The first-order chi connectivity index (χ1) is 30.4. The van der Waals surface area contributed by atoms with Gasteiger partial charge in [-0.3, -0.25) is 0 Å². The minimum absolute atomic E-state index is 0.0609. The molecule has 0 radical (unpaired) electrons. The lowest BCUT2D eigenvalue weighted by atomic mass is 9.87. The Labute approximate surface area is 376 Å². The molecule has 28 heteroatoms. The molecule has 0 N–H and O–H groups in total. The lowest BCUT2D eigenvalue weighted by Gasteiger charge is -2.41. The molecule has 2 aromatic carbocycles. The summed E-state index contributed by atoms with van der Waals surface area (Å²) in [6.07, 6.45) is -27.3. The highest BCUT2D eigenvalue weighted by molar-refractivity contribution is 5.70. The van der Waals surface area contributed by atoms with E-state index in [0.29, 0.717) is 11.1 Å². The molecule has 0 spiro atoms. The third kappa shape index (κ3) is 9.22. The van der Waals surface area contributed by atoms with E-state index in [2.05, 4.69) is 0 Å². The molecule has 1 saturated heterocycles. The first kappa shape index (κ1) is 59.5. The van der Waals surface area contributed by atoms with E-state index in [9.17, 15) is 79.0 Å². The number of benzene rings is 2. The summed E-state index contributed by atoms with van der Waals surface area (Å²) in [5.41, 5.74) is 0.668. The molecule has 69 heavy (non-hydrogen) atoms. The van der Waals surface area contributed by atoms with Crippen LogP contribution in [0.3, 0.4) is 0 Å². The molecule has 1 heterocycles. The monoisotopic (exact) mass is 1060 g/mol. The van der Waals surface area contributed by atoms with E-state index in [1.165, 1.54) is 79.7 Å². The molecule has 0 amide bonds. The predicted octanol–water partition coefficient (Wildman–Crippen LogP) is 16.0. The first-order valence-electron chi connectivity index (χ1n) is 20.1. The molecule has 398 valence electrons. The van der Waals surface area contributed by atoms with Crippen LogP contribution in [0.25, 0.3) is 0 Å². The summed E-state index contributed by atoms with van der Waals surface area (Å²) in [5, 5.41) is 0. The normalized spacial score (nSPS) is 19.8. The number of nitrogens with zero attached hydrogens (tertiary/aromatic N) is 2. The van der Waals surface area contributed by atoms with Crippen LogP contribution in [0.1, 0.15) is 79.3 Å². The maximum atomic E-state index is 15.7. The van der Waals surface area contributed by atoms with Crippen molar-refractivity contribution in [3.05, 3.63) is 57.6 Å². The Bertz CT molecular complexity index is 1960. The molecule has 0 aromatic heterocycles. The van der Waals surface area contributed by atoms with Crippen LogP contribution in [0.4, 0.5) is 126 Å². The zero-order chi connectivity index (χ0) is 54.4. The van der Waals surface area contributed by atoms with Crippen LogP contribution in [0.15, 0.2) is 24.3 Å². The average Bonchev–Trinajstić information content (AvgIpc) is 3.46. The van der Waals surface area contributed by atoms with E-state index in [1.807, 2.05) is 0 Å². The largest absolute Gasteiger partial charge is 0.460 e. The SMILES string of the molecule is CCC(C)C1N(c2c(C)cc(C)cc2C)C(CCC(F)(F)C(F)(F)C(F)(F)C(F)(F)C(F)(F)C(F)(F)F)C(CCC(F)(F)C(F)(F)C(F)(F)C(F)(F)C(F)(F)C(F)(F)F)N1c1c(C)cc(C)cc1C. The Kier molecular flexibility index (Phi) is 15.6. The van der Waals surface area contributed by atoms with Gasteiger partial charge in [-0.2, -0.15) is 114 Å². The molecule has 1 aliphatic rings. The van der Waals surface area contributed by atoms with Crippen LogP contribution in [0, 0.1) is 47.5 Å². The van der Waals surface area contributed by atoms with Crippen LogP contribution in [-0.2, 0) is 0 Å². The van der Waals surface area contributed by atoms with E-state index in [1.54, 1.807) is 0 Å². The van der Waals surface area contributed by atoms with Gasteiger partial charge in [0, 0.05) is 24.2 Å². The van der Waals surface area contributed by atoms with Gasteiger partial charge in [0.05, 0.1) is 12.1 Å². The van der Waals surface area contributed by atoms with E-state index in [-0.39, 0.29) is 40.0 Å². The van der Waals surface area contributed by atoms with Gasteiger partial charge >= 0.3 is 71.6 Å². The summed E-state index contributed by atoms with van der Waals surface area (Å²) in [6.45, 7) is 10.8. The zero-order valence-electron chi connectivity index (χ0n) is 36.9. The number of halogens is 26. The van der Waals surface area contributed by atoms with Crippen molar-refractivity contribution in [2.75, 3.05) is 9.80 Å². The van der Waals surface area contributed by atoms with Crippen molar-refractivity contribution in [1.29, 1.82) is 0 Å². The van der Waals surface area contributed by atoms with Crippen molar-refractivity contribution in [3.8, 4) is 0 Å². The molecular weight excluding hydrogens is 1010 g/mol. The van der Waals surface area contributed by atoms with Crippen LogP contribution in [0.2, 0.25) is 0 Å². The zero-order valence-corrected chi connectivity index (χ0v) is 36.9. The smallest absolute Gasteiger partial charge is 0.345 e. The lowest BCUT2D eigenvalue weighted by molar-refractivity contribution is -0.440. The first-order valence-corrected chi connectivity index (χ1v) is 20.1. The fourth-order valence-electron chi connectivity index (χ4n) is 8.65. The van der Waals surface area contributed by atoms with E-state index < -0.39 is 121 Å². The molecule has 3 rings (SSSR count). The molecule has 1 fully saturated rings. The topological polar surface area (TPSA) is 6.48 Å². The molecule has 2 nitrogen and oxygen atoms in total. The highest BCUT2D eigenvalue weighted by Crippen LogP contribution is 2.63. The number of anilines is 2. The summed E-state index contributed by atoms with van der Waals surface area (Å²) in [4.78, 5) is 1.87. The second-order valence-electron chi connectivity index (χ2n) is 17.3. The van der Waals surface area contributed by atoms with Crippen molar-refractivity contribution in [3.63, 3.8) is 0 Å². The number of hydrogen-bond acceptors (Lipinski definition) is 2. The minimum atomic E-state index is -8.35. The van der Waals surface area contributed by atoms with Gasteiger partial charge in [-0.1, -0.05) is 49.2 Å². The van der Waals surface area contributed by atoms with Gasteiger partial charge < -0.3 is 9.80 Å². The molecular formula is C41H42F26N2. The molecule has 3 atom stereocenters. The highest BCUT2D eigenvalue weighted by Gasteiger charge is 2.92. The minimum Gasteiger partial charge on any atom is -0.345 e. The molecule has 3 unspecified atom stereocenters. The fraction of sp³-hybridized carbons (Fsp3) is 0.707. The summed E-state index contributed by atoms with van der Waals surface area (Å²) < 4.78 is 371. The van der Waals surface area contributed by atoms with Gasteiger partial charge in [-0.05, 0) is 89.0 Å². The fourth-order valence-corrected chi connectivity index (χ4v) is 8.65. The third-order valence-electron chi connectivity index (χ3n) is 12.2. The number of hydrogen-bond donors (Lipinski definition) is 0.